The van der Waals surface area contributed by atoms with Crippen LogP contribution in [0.5, 0.6) is 0 Å². The highest BCUT2D eigenvalue weighted by Crippen LogP contribution is 2.06. The van der Waals surface area contributed by atoms with Gasteiger partial charge in [0.25, 0.3) is 0 Å². The van der Waals surface area contributed by atoms with E-state index >= 15 is 0 Å². The van der Waals surface area contributed by atoms with Gasteiger partial charge in [-0.3, -0.25) is 0 Å². The quantitative estimate of drug-likeness (QED) is 0.556. The first-order valence-electron chi connectivity index (χ1n) is 5.18. The summed E-state index contributed by atoms with van der Waals surface area (Å²) in [6, 6.07) is 0. The zero-order valence-corrected chi connectivity index (χ0v) is 8.84. The van der Waals surface area contributed by atoms with Gasteiger partial charge in [-0.2, -0.15) is 0 Å². The van der Waals surface area contributed by atoms with Crippen LogP contribution < -0.4 is 0 Å². The molecule has 0 aromatic carbocycles. The molecule has 0 aromatic heterocycles. The predicted molar refractivity (Wildman–Crippen MR) is 61.8 cm³/mol. The number of allylic oxidation sites excluding steroid dienone is 4. The third kappa shape index (κ3) is 9.13. The lowest BCUT2D eigenvalue weighted by Gasteiger charge is -2.01. The molecule has 0 bridgehead atoms. The molecular weight excluding hydrogens is 156 g/mol. The van der Waals surface area contributed by atoms with Crippen LogP contribution in [0.3, 0.4) is 0 Å². The standard InChI is InChI=1S/C8H14.C5H8/c1-4-6-8(3)7-5-2;1-2-4-5-3-1/h4-5,8H,1-2,6-7H2,3H3;1-2H,3-5H2. The number of hydrogen-bond donors (Lipinski definition) is 0. The molecule has 0 heteroatoms. The van der Waals surface area contributed by atoms with Gasteiger partial charge in [0.05, 0.1) is 0 Å². The van der Waals surface area contributed by atoms with E-state index in [1.165, 1.54) is 19.3 Å². The SMILES string of the molecule is C1=CCCC1.C=CCC(C)CC=C. The highest BCUT2D eigenvalue weighted by Gasteiger charge is 1.92. The molecule has 0 N–H and O–H groups in total. The number of hydrogen-bond acceptors (Lipinski definition) is 0. The molecule has 1 rings (SSSR count). The Hall–Kier alpha value is -0.780. The maximum atomic E-state index is 3.65. The van der Waals surface area contributed by atoms with Crippen molar-refractivity contribution in [2.75, 3.05) is 0 Å². The van der Waals surface area contributed by atoms with E-state index in [2.05, 4.69) is 32.2 Å². The summed E-state index contributed by atoms with van der Waals surface area (Å²) in [7, 11) is 0. The van der Waals surface area contributed by atoms with Crippen LogP contribution in [0, 0.1) is 5.92 Å². The number of rotatable bonds is 4. The van der Waals surface area contributed by atoms with Gasteiger partial charge in [0.1, 0.15) is 0 Å². The van der Waals surface area contributed by atoms with Gasteiger partial charge >= 0.3 is 0 Å². The summed E-state index contributed by atoms with van der Waals surface area (Å²) in [6.45, 7) is 9.50. The van der Waals surface area contributed by atoms with Crippen LogP contribution in [0.25, 0.3) is 0 Å². The van der Waals surface area contributed by atoms with Crippen molar-refractivity contribution in [1.82, 2.24) is 0 Å². The molecule has 13 heavy (non-hydrogen) atoms. The summed E-state index contributed by atoms with van der Waals surface area (Å²) in [6.07, 6.45) is 14.6. The van der Waals surface area contributed by atoms with E-state index in [1.807, 2.05) is 12.2 Å². The summed E-state index contributed by atoms with van der Waals surface area (Å²) >= 11 is 0. The molecule has 1 aliphatic rings. The fourth-order valence-electron chi connectivity index (χ4n) is 1.25. The maximum Gasteiger partial charge on any atom is -0.0325 e. The van der Waals surface area contributed by atoms with E-state index in [4.69, 9.17) is 0 Å². The molecular formula is C13H22. The van der Waals surface area contributed by atoms with Gasteiger partial charge in [0, 0.05) is 0 Å². The molecule has 0 amide bonds. The highest BCUT2D eigenvalue weighted by molar-refractivity contribution is 4.88. The summed E-state index contributed by atoms with van der Waals surface area (Å²) in [4.78, 5) is 0. The summed E-state index contributed by atoms with van der Waals surface area (Å²) < 4.78 is 0. The van der Waals surface area contributed by atoms with E-state index in [9.17, 15) is 0 Å². The first kappa shape index (κ1) is 12.2. The lowest BCUT2D eigenvalue weighted by Crippen LogP contribution is -1.87. The first-order valence-corrected chi connectivity index (χ1v) is 5.18. The fourth-order valence-corrected chi connectivity index (χ4v) is 1.25. The largest absolute Gasteiger partial charge is 0.103 e. The summed E-state index contributed by atoms with van der Waals surface area (Å²) in [5.74, 6) is 0.727. The average Bonchev–Trinajstić information content (AvgIpc) is 2.61. The van der Waals surface area contributed by atoms with Crippen molar-refractivity contribution in [3.63, 3.8) is 0 Å². The molecule has 0 radical (unpaired) electrons. The smallest absolute Gasteiger partial charge is 0.0325 e. The summed E-state index contributed by atoms with van der Waals surface area (Å²) in [5, 5.41) is 0. The monoisotopic (exact) mass is 178 g/mol. The molecule has 0 aliphatic heterocycles. The molecule has 0 heterocycles. The van der Waals surface area contributed by atoms with Crippen molar-refractivity contribution in [3.8, 4) is 0 Å². The predicted octanol–water partition coefficient (Wildman–Crippen LogP) is 4.50. The van der Waals surface area contributed by atoms with Gasteiger partial charge in [-0.25, -0.2) is 0 Å². The Bertz CT molecular complexity index is 137. The van der Waals surface area contributed by atoms with Crippen LogP contribution >= 0.6 is 0 Å². The van der Waals surface area contributed by atoms with E-state index < -0.39 is 0 Å². The minimum Gasteiger partial charge on any atom is -0.103 e. The Labute approximate surface area is 83.0 Å². The van der Waals surface area contributed by atoms with Gasteiger partial charge in [0.2, 0.25) is 0 Å². The van der Waals surface area contributed by atoms with Crippen molar-refractivity contribution < 1.29 is 0 Å². The Balaban J connectivity index is 0.000000243. The topological polar surface area (TPSA) is 0 Å². The van der Waals surface area contributed by atoms with E-state index in [0.29, 0.717) is 0 Å². The lowest BCUT2D eigenvalue weighted by molar-refractivity contribution is 0.604. The third-order valence-corrected chi connectivity index (χ3v) is 2.05. The molecule has 0 atom stereocenters. The molecule has 0 saturated heterocycles. The van der Waals surface area contributed by atoms with E-state index in [1.54, 1.807) is 0 Å². The van der Waals surface area contributed by atoms with E-state index in [0.717, 1.165) is 18.8 Å². The van der Waals surface area contributed by atoms with Crippen molar-refractivity contribution in [3.05, 3.63) is 37.5 Å². The van der Waals surface area contributed by atoms with Crippen molar-refractivity contribution in [2.24, 2.45) is 5.92 Å². The van der Waals surface area contributed by atoms with Crippen LogP contribution in [0.4, 0.5) is 0 Å². The molecule has 0 saturated carbocycles. The van der Waals surface area contributed by atoms with E-state index in [-0.39, 0.29) is 0 Å². The first-order chi connectivity index (χ1) is 6.31. The normalized spacial score (nSPS) is 13.7. The molecule has 0 fully saturated rings. The molecule has 0 spiro atoms. The minimum absolute atomic E-state index is 0.727. The van der Waals surface area contributed by atoms with Gasteiger partial charge in [0.15, 0.2) is 0 Å². The lowest BCUT2D eigenvalue weighted by atomic mass is 10.0. The third-order valence-electron chi connectivity index (χ3n) is 2.05. The Morgan fingerprint density at radius 1 is 1.15 bits per heavy atom. The zero-order chi connectivity index (χ0) is 9.94. The molecule has 74 valence electrons. The Morgan fingerprint density at radius 2 is 1.62 bits per heavy atom. The van der Waals surface area contributed by atoms with Crippen LogP contribution in [-0.4, -0.2) is 0 Å². The van der Waals surface area contributed by atoms with Crippen molar-refractivity contribution in [1.29, 1.82) is 0 Å². The fraction of sp³-hybridized carbons (Fsp3) is 0.538. The second kappa shape index (κ2) is 9.31. The second-order valence-corrected chi connectivity index (χ2v) is 3.56. The van der Waals surface area contributed by atoms with Crippen LogP contribution in [-0.2, 0) is 0 Å². The van der Waals surface area contributed by atoms with Crippen LogP contribution in [0.15, 0.2) is 37.5 Å². The van der Waals surface area contributed by atoms with Gasteiger partial charge < -0.3 is 0 Å². The van der Waals surface area contributed by atoms with Gasteiger partial charge in [-0.1, -0.05) is 31.2 Å². The molecule has 1 aliphatic carbocycles. The minimum atomic E-state index is 0.727. The highest BCUT2D eigenvalue weighted by atomic mass is 14.0. The van der Waals surface area contributed by atoms with Crippen molar-refractivity contribution in [2.45, 2.75) is 39.0 Å². The zero-order valence-electron chi connectivity index (χ0n) is 8.84. The van der Waals surface area contributed by atoms with Crippen LogP contribution in [0.2, 0.25) is 0 Å². The van der Waals surface area contributed by atoms with Gasteiger partial charge in [-0.05, 0) is 38.0 Å². The van der Waals surface area contributed by atoms with Crippen LogP contribution in [0.1, 0.15) is 39.0 Å². The molecule has 0 aromatic rings. The van der Waals surface area contributed by atoms with Crippen molar-refractivity contribution >= 4 is 0 Å². The second-order valence-electron chi connectivity index (χ2n) is 3.56. The summed E-state index contributed by atoms with van der Waals surface area (Å²) in [5.41, 5.74) is 0. The van der Waals surface area contributed by atoms with Gasteiger partial charge in [-0.15, -0.1) is 13.2 Å². The molecule has 0 nitrogen and oxygen atoms in total. The Kier molecular flexibility index (Phi) is 8.75. The Morgan fingerprint density at radius 3 is 1.85 bits per heavy atom. The maximum absolute atomic E-state index is 3.65. The molecule has 0 unspecified atom stereocenters. The average molecular weight is 178 g/mol.